The highest BCUT2D eigenvalue weighted by Crippen LogP contribution is 2.20. The van der Waals surface area contributed by atoms with Crippen LogP contribution >= 0.6 is 0 Å². The Morgan fingerprint density at radius 3 is 2.54 bits per heavy atom. The van der Waals surface area contributed by atoms with Crippen LogP contribution < -0.4 is 5.32 Å². The first-order valence-corrected chi connectivity index (χ1v) is 8.34. The SMILES string of the molecule is COCC(NC(=O)CCc1nc(-c2ccc(C(C)C)cc2)no1)C(=O)O. The summed E-state index contributed by atoms with van der Waals surface area (Å²) in [7, 11) is 1.37. The van der Waals surface area contributed by atoms with Crippen molar-refractivity contribution in [1.29, 1.82) is 0 Å². The number of carbonyl (C=O) groups is 2. The van der Waals surface area contributed by atoms with Crippen molar-refractivity contribution in [2.45, 2.75) is 38.6 Å². The van der Waals surface area contributed by atoms with E-state index in [1.54, 1.807) is 0 Å². The van der Waals surface area contributed by atoms with E-state index in [0.717, 1.165) is 5.56 Å². The fourth-order valence-electron chi connectivity index (χ4n) is 2.32. The molecule has 0 radical (unpaired) electrons. The van der Waals surface area contributed by atoms with Crippen molar-refractivity contribution in [3.05, 3.63) is 35.7 Å². The molecular formula is C18H23N3O5. The lowest BCUT2D eigenvalue weighted by Gasteiger charge is -2.12. The molecule has 0 bridgehead atoms. The standard InChI is InChI=1S/C18H23N3O5/c1-11(2)12-4-6-13(7-5-12)17-20-16(26-21-17)9-8-15(22)19-14(10-25-3)18(23)24/h4-7,11,14H,8-10H2,1-3H3,(H,19,22)(H,23,24). The molecule has 2 N–H and O–H groups in total. The third-order valence-electron chi connectivity index (χ3n) is 3.84. The summed E-state index contributed by atoms with van der Waals surface area (Å²) in [5, 5.41) is 15.3. The Balaban J connectivity index is 1.91. The second-order valence-electron chi connectivity index (χ2n) is 6.20. The summed E-state index contributed by atoms with van der Waals surface area (Å²) in [6, 6.07) is 6.82. The van der Waals surface area contributed by atoms with Gasteiger partial charge in [-0.3, -0.25) is 4.79 Å². The molecule has 26 heavy (non-hydrogen) atoms. The van der Waals surface area contributed by atoms with Crippen molar-refractivity contribution in [2.75, 3.05) is 13.7 Å². The Bertz CT molecular complexity index is 740. The second-order valence-corrected chi connectivity index (χ2v) is 6.20. The second kappa shape index (κ2) is 9.10. The third kappa shape index (κ3) is 5.38. The van der Waals surface area contributed by atoms with Gasteiger partial charge in [0.25, 0.3) is 0 Å². The van der Waals surface area contributed by atoms with Crippen molar-refractivity contribution in [1.82, 2.24) is 15.5 Å². The summed E-state index contributed by atoms with van der Waals surface area (Å²) in [6.07, 6.45) is 0.268. The summed E-state index contributed by atoms with van der Waals surface area (Å²) in [5.41, 5.74) is 2.05. The molecule has 1 aromatic heterocycles. The Hall–Kier alpha value is -2.74. The molecule has 0 aliphatic rings. The number of methoxy groups -OCH3 is 1. The first kappa shape index (κ1) is 19.6. The minimum Gasteiger partial charge on any atom is -0.480 e. The van der Waals surface area contributed by atoms with Gasteiger partial charge in [0.2, 0.25) is 17.6 Å². The molecule has 0 spiro atoms. The number of ether oxygens (including phenoxy) is 1. The van der Waals surface area contributed by atoms with Gasteiger partial charge in [0.1, 0.15) is 0 Å². The van der Waals surface area contributed by atoms with Gasteiger partial charge in [0.05, 0.1) is 6.61 Å². The van der Waals surface area contributed by atoms with Gasteiger partial charge in [-0.1, -0.05) is 43.3 Å². The van der Waals surface area contributed by atoms with E-state index in [1.807, 2.05) is 24.3 Å². The van der Waals surface area contributed by atoms with Gasteiger partial charge in [-0.2, -0.15) is 4.98 Å². The zero-order valence-corrected chi connectivity index (χ0v) is 15.1. The number of amides is 1. The molecule has 0 aliphatic carbocycles. The minimum absolute atomic E-state index is 0.0431. The highest BCUT2D eigenvalue weighted by atomic mass is 16.5. The predicted molar refractivity (Wildman–Crippen MR) is 93.6 cm³/mol. The maximum atomic E-state index is 11.9. The van der Waals surface area contributed by atoms with Gasteiger partial charge in [0, 0.05) is 25.5 Å². The van der Waals surface area contributed by atoms with Crippen LogP contribution in [0.5, 0.6) is 0 Å². The van der Waals surface area contributed by atoms with E-state index in [2.05, 4.69) is 29.3 Å². The molecule has 0 saturated carbocycles. The number of aliphatic carboxylic acids is 1. The topological polar surface area (TPSA) is 115 Å². The third-order valence-corrected chi connectivity index (χ3v) is 3.84. The van der Waals surface area contributed by atoms with E-state index >= 15 is 0 Å². The molecule has 8 nitrogen and oxygen atoms in total. The molecule has 1 atom stereocenters. The van der Waals surface area contributed by atoms with Crippen LogP contribution in [0, 0.1) is 0 Å². The van der Waals surface area contributed by atoms with Crippen molar-refractivity contribution in [2.24, 2.45) is 0 Å². The van der Waals surface area contributed by atoms with Gasteiger partial charge in [-0.15, -0.1) is 0 Å². The molecule has 1 amide bonds. The van der Waals surface area contributed by atoms with Gasteiger partial charge < -0.3 is 19.7 Å². The van der Waals surface area contributed by atoms with Gasteiger partial charge in [-0.05, 0) is 11.5 Å². The summed E-state index contributed by atoms with van der Waals surface area (Å²) >= 11 is 0. The van der Waals surface area contributed by atoms with Gasteiger partial charge in [-0.25, -0.2) is 4.79 Å². The molecule has 2 aromatic rings. The van der Waals surface area contributed by atoms with Crippen LogP contribution in [0.4, 0.5) is 0 Å². The highest BCUT2D eigenvalue weighted by Gasteiger charge is 2.20. The Morgan fingerprint density at radius 2 is 1.96 bits per heavy atom. The molecule has 0 saturated heterocycles. The monoisotopic (exact) mass is 361 g/mol. The molecule has 1 unspecified atom stereocenters. The quantitative estimate of drug-likeness (QED) is 0.702. The number of aromatic nitrogens is 2. The zero-order chi connectivity index (χ0) is 19.1. The molecular weight excluding hydrogens is 338 g/mol. The number of rotatable bonds is 9. The number of carbonyl (C=O) groups excluding carboxylic acids is 1. The molecule has 2 rings (SSSR count). The van der Waals surface area contributed by atoms with Crippen LogP contribution in [0.15, 0.2) is 28.8 Å². The Kier molecular flexibility index (Phi) is 6.85. The van der Waals surface area contributed by atoms with Gasteiger partial charge in [0.15, 0.2) is 6.04 Å². The van der Waals surface area contributed by atoms with Crippen molar-refractivity contribution >= 4 is 11.9 Å². The van der Waals surface area contributed by atoms with Crippen LogP contribution in [0.25, 0.3) is 11.4 Å². The van der Waals surface area contributed by atoms with Crippen molar-refractivity contribution in [3.63, 3.8) is 0 Å². The lowest BCUT2D eigenvalue weighted by molar-refractivity contribution is -0.143. The fraction of sp³-hybridized carbons (Fsp3) is 0.444. The molecule has 1 heterocycles. The molecule has 140 valence electrons. The Morgan fingerprint density at radius 1 is 1.27 bits per heavy atom. The number of nitrogens with zero attached hydrogens (tertiary/aromatic N) is 2. The molecule has 0 fully saturated rings. The maximum absolute atomic E-state index is 11.9. The summed E-state index contributed by atoms with van der Waals surface area (Å²) < 4.78 is 9.93. The number of benzene rings is 1. The van der Waals surface area contributed by atoms with E-state index in [0.29, 0.717) is 17.6 Å². The Labute approximate surface area is 151 Å². The molecule has 0 aliphatic heterocycles. The zero-order valence-electron chi connectivity index (χ0n) is 15.1. The van der Waals surface area contributed by atoms with Crippen LogP contribution in [0.1, 0.15) is 37.6 Å². The lowest BCUT2D eigenvalue weighted by atomic mass is 10.0. The summed E-state index contributed by atoms with van der Waals surface area (Å²) in [5.74, 6) is -0.350. The number of hydrogen-bond donors (Lipinski definition) is 2. The van der Waals surface area contributed by atoms with E-state index in [1.165, 1.54) is 12.7 Å². The summed E-state index contributed by atoms with van der Waals surface area (Å²) in [6.45, 7) is 4.14. The van der Waals surface area contributed by atoms with E-state index in [4.69, 9.17) is 14.4 Å². The maximum Gasteiger partial charge on any atom is 0.328 e. The van der Waals surface area contributed by atoms with Crippen LogP contribution in [-0.4, -0.2) is 46.9 Å². The summed E-state index contributed by atoms with van der Waals surface area (Å²) in [4.78, 5) is 27.1. The van der Waals surface area contributed by atoms with Gasteiger partial charge >= 0.3 is 5.97 Å². The smallest absolute Gasteiger partial charge is 0.328 e. The average molecular weight is 361 g/mol. The van der Waals surface area contributed by atoms with Crippen molar-refractivity contribution in [3.8, 4) is 11.4 Å². The molecule has 1 aromatic carbocycles. The van der Waals surface area contributed by atoms with E-state index in [-0.39, 0.29) is 19.4 Å². The minimum atomic E-state index is -1.15. The largest absolute Gasteiger partial charge is 0.480 e. The van der Waals surface area contributed by atoms with E-state index < -0.39 is 17.9 Å². The number of carboxylic acids is 1. The highest BCUT2D eigenvalue weighted by molar-refractivity contribution is 5.83. The number of nitrogens with one attached hydrogen (secondary N) is 1. The van der Waals surface area contributed by atoms with Crippen LogP contribution in [0.2, 0.25) is 0 Å². The molecule has 8 heteroatoms. The number of aryl methyl sites for hydroxylation is 1. The van der Waals surface area contributed by atoms with Crippen LogP contribution in [0.3, 0.4) is 0 Å². The number of hydrogen-bond acceptors (Lipinski definition) is 6. The predicted octanol–water partition coefficient (Wildman–Crippen LogP) is 2.01. The average Bonchev–Trinajstić information content (AvgIpc) is 3.08. The van der Waals surface area contributed by atoms with E-state index in [9.17, 15) is 9.59 Å². The first-order chi connectivity index (χ1) is 12.4. The fourth-order valence-corrected chi connectivity index (χ4v) is 2.32. The normalized spacial score (nSPS) is 12.2. The first-order valence-electron chi connectivity index (χ1n) is 8.34. The number of carboxylic acid groups (broad SMARTS) is 1. The lowest BCUT2D eigenvalue weighted by Crippen LogP contribution is -2.43. The van der Waals surface area contributed by atoms with Crippen molar-refractivity contribution < 1.29 is 24.0 Å². The van der Waals surface area contributed by atoms with Crippen LogP contribution in [-0.2, 0) is 20.7 Å².